The predicted octanol–water partition coefficient (Wildman–Crippen LogP) is 6.81. The number of carbonyl (C=O) groups excluding carboxylic acids is 5. The lowest BCUT2D eigenvalue weighted by Gasteiger charge is -2.19. The number of carbonyl (C=O) groups is 5. The van der Waals surface area contributed by atoms with Crippen molar-refractivity contribution in [3.8, 4) is 22.7 Å². The number of hydrogen-bond acceptors (Lipinski definition) is 11. The van der Waals surface area contributed by atoms with Crippen molar-refractivity contribution in [2.45, 2.75) is 112 Å². The highest BCUT2D eigenvalue weighted by Gasteiger charge is 2.42. The smallest absolute Gasteiger partial charge is 0.435 e. The molecule has 7 N–H and O–H groups in total. The molecule has 6 rings (SSSR count). The van der Waals surface area contributed by atoms with Crippen LogP contribution < -0.4 is 31.3 Å². The Hall–Kier alpha value is -6.78. The van der Waals surface area contributed by atoms with E-state index in [1.165, 1.54) is 54.6 Å². The number of phenols is 1. The molecule has 0 unspecified atom stereocenters. The highest BCUT2D eigenvalue weighted by molar-refractivity contribution is 8.00. The van der Waals surface area contributed by atoms with E-state index in [0.29, 0.717) is 43.0 Å². The number of nitrogens with one attached hydrogen (secondary N) is 6. The largest absolute Gasteiger partial charge is 0.508 e. The molecule has 4 atom stereocenters. The Morgan fingerprint density at radius 2 is 1.59 bits per heavy atom. The quantitative estimate of drug-likeness (QED) is 0.0127. The number of aromatic nitrogens is 2. The van der Waals surface area contributed by atoms with Crippen molar-refractivity contribution in [3.63, 3.8) is 0 Å². The first-order valence-corrected chi connectivity index (χ1v) is 25.3. The van der Waals surface area contributed by atoms with Crippen molar-refractivity contribution >= 4 is 57.1 Å². The van der Waals surface area contributed by atoms with Gasteiger partial charge in [0.05, 0.1) is 28.4 Å². The fourth-order valence-electron chi connectivity index (χ4n) is 7.93. The lowest BCUT2D eigenvalue weighted by Crippen LogP contribution is -2.48. The van der Waals surface area contributed by atoms with E-state index in [9.17, 15) is 50.7 Å². The van der Waals surface area contributed by atoms with Crippen molar-refractivity contribution in [3.05, 3.63) is 100 Å². The van der Waals surface area contributed by atoms with Crippen LogP contribution in [0.15, 0.2) is 82.8 Å². The second-order valence-corrected chi connectivity index (χ2v) is 19.9. The number of hydrogen-bond donors (Lipinski definition) is 7. The highest BCUT2D eigenvalue weighted by Crippen LogP contribution is 2.36. The monoisotopic (exact) mass is 1010 g/mol. The Kier molecular flexibility index (Phi) is 18.2. The first kappa shape index (κ1) is 52.6. The lowest BCUT2D eigenvalue weighted by molar-refractivity contribution is -0.141. The van der Waals surface area contributed by atoms with Gasteiger partial charge < -0.3 is 31.7 Å². The van der Waals surface area contributed by atoms with Gasteiger partial charge in [0.25, 0.3) is 21.8 Å². The molecule has 2 aliphatic rings. The number of phenolic OH excluding ortho intramolecular Hbond substituents is 1. The Balaban J connectivity index is 0.962. The van der Waals surface area contributed by atoms with Crippen molar-refractivity contribution in [2.75, 3.05) is 18.8 Å². The fourth-order valence-corrected chi connectivity index (χ4v) is 10.5. The molecular formula is C46H54F3N11O8S2. The molecule has 0 bridgehead atoms. The number of alkyl halides is 3. The minimum atomic E-state index is -4.82. The summed E-state index contributed by atoms with van der Waals surface area (Å²) in [5, 5.41) is 32.0. The normalized spacial score (nSPS) is 16.8. The fraction of sp³-hybridized carbons (Fsp3) is 0.435. The summed E-state index contributed by atoms with van der Waals surface area (Å²) in [5.41, 5.74) is 8.49. The van der Waals surface area contributed by atoms with Gasteiger partial charge in [-0.25, -0.2) is 22.6 Å². The summed E-state index contributed by atoms with van der Waals surface area (Å²) in [4.78, 5) is 65.5. The van der Waals surface area contributed by atoms with Crippen LogP contribution in [0.25, 0.3) is 27.4 Å². The number of azide groups is 1. The number of halogens is 3. The van der Waals surface area contributed by atoms with Gasteiger partial charge in [0.15, 0.2) is 5.69 Å². The number of aryl methyl sites for hydroxylation is 1. The first-order chi connectivity index (χ1) is 33.4. The molecule has 0 radical (unpaired) electrons. The van der Waals surface area contributed by atoms with Crippen LogP contribution in [0.3, 0.4) is 0 Å². The SMILES string of the molecule is Cc1ccc(-c2cc(C(F)(F)F)nn2-c2ccc(S(=O)(=O)NC(=O)[C@H](CCCCNC(=O)CCCCCNC(=O)CCCC[C@@H]3SC[C@@H]4NC(=O)N[C@@H]43)NC(=O)c3ccc(N=[N+]=[N-])cc3)cc2)cc1O. The second-order valence-electron chi connectivity index (χ2n) is 16.9. The van der Waals surface area contributed by atoms with Crippen molar-refractivity contribution < 1.29 is 50.7 Å². The van der Waals surface area contributed by atoms with Crippen molar-refractivity contribution in [2.24, 2.45) is 5.11 Å². The van der Waals surface area contributed by atoms with E-state index in [4.69, 9.17) is 5.53 Å². The molecule has 2 saturated heterocycles. The van der Waals surface area contributed by atoms with Gasteiger partial charge in [0.1, 0.15) is 11.8 Å². The predicted molar refractivity (Wildman–Crippen MR) is 255 cm³/mol. The summed E-state index contributed by atoms with van der Waals surface area (Å²) in [6.45, 7) is 2.36. The van der Waals surface area contributed by atoms with E-state index >= 15 is 0 Å². The second kappa shape index (κ2) is 24.2. The van der Waals surface area contributed by atoms with E-state index in [-0.39, 0.29) is 89.7 Å². The first-order valence-electron chi connectivity index (χ1n) is 22.7. The number of rotatable bonds is 24. The summed E-state index contributed by atoms with van der Waals surface area (Å²) in [7, 11) is -4.61. The van der Waals surface area contributed by atoms with Crippen LogP contribution in [0, 0.1) is 6.92 Å². The number of nitrogens with zero attached hydrogens (tertiary/aromatic N) is 5. The molecule has 3 heterocycles. The van der Waals surface area contributed by atoms with Crippen molar-refractivity contribution in [1.82, 2.24) is 41.1 Å². The number of aromatic hydroxyl groups is 1. The number of fused-ring (bicyclic) bond motifs is 1. The van der Waals surface area contributed by atoms with Gasteiger partial charge in [-0.15, -0.1) is 0 Å². The number of benzene rings is 3. The summed E-state index contributed by atoms with van der Waals surface area (Å²) >= 11 is 1.85. The van der Waals surface area contributed by atoms with Crippen LogP contribution in [0.4, 0.5) is 23.7 Å². The summed E-state index contributed by atoms with van der Waals surface area (Å²) in [6.07, 6.45) is 1.10. The maximum Gasteiger partial charge on any atom is 0.435 e. The van der Waals surface area contributed by atoms with E-state index in [1.807, 2.05) is 16.5 Å². The van der Waals surface area contributed by atoms with Gasteiger partial charge in [0, 0.05) is 58.7 Å². The van der Waals surface area contributed by atoms with Crippen LogP contribution >= 0.6 is 11.8 Å². The van der Waals surface area contributed by atoms with Gasteiger partial charge in [-0.3, -0.25) is 19.2 Å². The molecule has 4 aromatic rings. The van der Waals surface area contributed by atoms with Crippen LogP contribution in [-0.4, -0.2) is 95.2 Å². The minimum Gasteiger partial charge on any atom is -0.508 e. The molecule has 0 saturated carbocycles. The molecule has 3 aromatic carbocycles. The molecule has 2 aliphatic heterocycles. The summed E-state index contributed by atoms with van der Waals surface area (Å²) in [5.74, 6) is -1.28. The van der Waals surface area contributed by atoms with Gasteiger partial charge in [-0.05, 0) is 111 Å². The van der Waals surface area contributed by atoms with Crippen molar-refractivity contribution in [1.29, 1.82) is 0 Å². The molecule has 70 heavy (non-hydrogen) atoms. The third-order valence-corrected chi connectivity index (χ3v) is 14.6. The third kappa shape index (κ3) is 14.6. The Bertz CT molecular complexity index is 2680. The van der Waals surface area contributed by atoms with E-state index < -0.39 is 44.6 Å². The third-order valence-electron chi connectivity index (χ3n) is 11.8. The Morgan fingerprint density at radius 3 is 2.24 bits per heavy atom. The molecule has 1 aromatic heterocycles. The molecule has 374 valence electrons. The molecule has 19 nitrogen and oxygen atoms in total. The topological polar surface area (TPSA) is 278 Å². The van der Waals surface area contributed by atoms with Gasteiger partial charge in [0.2, 0.25) is 11.8 Å². The van der Waals surface area contributed by atoms with Crippen LogP contribution in [-0.2, 0) is 30.6 Å². The molecule has 0 aliphatic carbocycles. The standard InChI is InChI=1S/C46H54F3N11O8S2/c1-28-13-14-30(25-37(28)61)36-26-39(46(47,48)49)57-60(36)32-19-21-33(22-20-32)70(67,68)58-44(65)34(53-43(64)29-15-17-31(18-16-29)56-59-50)9-6-8-24-52-40(62)11-3-2-7-23-51-41(63)12-5-4-10-38-42-35(27-69-38)54-45(66)55-42/h13-22,25-26,34-35,38,42,61H,2-12,23-24,27H2,1H3,(H,51,63)(H,52,62)(H,53,64)(H,58,65)(H2,54,55,66)/t34-,35-,38-,42-/m0/s1. The lowest BCUT2D eigenvalue weighted by atomic mass is 10.0. The number of urea groups is 1. The van der Waals surface area contributed by atoms with Gasteiger partial charge >= 0.3 is 12.2 Å². The molecule has 6 amide bonds. The van der Waals surface area contributed by atoms with Crippen LogP contribution in [0.1, 0.15) is 92.2 Å². The summed E-state index contributed by atoms with van der Waals surface area (Å²) in [6, 6.07) is 13.9. The number of sulfonamides is 1. The van der Waals surface area contributed by atoms with Crippen LogP contribution in [0.2, 0.25) is 0 Å². The average Bonchev–Trinajstić information content (AvgIpc) is 4.05. The van der Waals surface area contributed by atoms with Crippen LogP contribution in [0.5, 0.6) is 5.75 Å². The zero-order valence-corrected chi connectivity index (χ0v) is 39.8. The maximum atomic E-state index is 13.8. The minimum absolute atomic E-state index is 0.0166. The number of thioether (sulfide) groups is 1. The Labute approximate surface area is 406 Å². The molecule has 2 fully saturated rings. The average molecular weight is 1010 g/mol. The highest BCUT2D eigenvalue weighted by atomic mass is 32.2. The van der Waals surface area contributed by atoms with E-state index in [2.05, 4.69) is 41.7 Å². The van der Waals surface area contributed by atoms with E-state index in [1.54, 1.807) is 6.92 Å². The van der Waals surface area contributed by atoms with Gasteiger partial charge in [-0.2, -0.15) is 30.0 Å². The zero-order chi connectivity index (χ0) is 50.4. The summed E-state index contributed by atoms with van der Waals surface area (Å²) < 4.78 is 71.3. The Morgan fingerprint density at radius 1 is 0.914 bits per heavy atom. The molecule has 0 spiro atoms. The number of amides is 6. The molecular weight excluding hydrogens is 956 g/mol. The maximum absolute atomic E-state index is 13.8. The van der Waals surface area contributed by atoms with E-state index in [0.717, 1.165) is 54.3 Å². The molecule has 24 heteroatoms. The number of unbranched alkanes of at least 4 members (excludes halogenated alkanes) is 4. The van der Waals surface area contributed by atoms with Gasteiger partial charge in [-0.1, -0.05) is 42.2 Å². The zero-order valence-electron chi connectivity index (χ0n) is 38.1.